The highest BCUT2D eigenvalue weighted by Crippen LogP contribution is 2.18. The van der Waals surface area contributed by atoms with Gasteiger partial charge in [-0.3, -0.25) is 0 Å². The molecule has 0 bridgehead atoms. The van der Waals surface area contributed by atoms with E-state index in [1.165, 1.54) is 12.1 Å². The number of halogens is 1. The number of benzene rings is 1. The molecule has 1 atom stereocenters. The summed E-state index contributed by atoms with van der Waals surface area (Å²) < 4.78 is 18.3. The summed E-state index contributed by atoms with van der Waals surface area (Å²) >= 11 is 0. The van der Waals surface area contributed by atoms with E-state index >= 15 is 0 Å². The lowest BCUT2D eigenvalue weighted by Crippen LogP contribution is -2.21. The first-order chi connectivity index (χ1) is 9.54. The lowest BCUT2D eigenvalue weighted by atomic mass is 10.1. The van der Waals surface area contributed by atoms with Crippen LogP contribution in [0.1, 0.15) is 38.3 Å². The zero-order valence-corrected chi connectivity index (χ0v) is 11.9. The first-order valence-electron chi connectivity index (χ1n) is 6.62. The maximum atomic E-state index is 12.9. The topological polar surface area (TPSA) is 63.0 Å². The summed E-state index contributed by atoms with van der Waals surface area (Å²) in [5.74, 6) is 0.285. The summed E-state index contributed by atoms with van der Waals surface area (Å²) in [5, 5.41) is 14.2. The SMILES string of the molecule is CC(C)NCc1nnc(NC(C)c2ccc(F)cc2)o1. The molecule has 108 valence electrons. The molecule has 0 spiro atoms. The quantitative estimate of drug-likeness (QED) is 0.850. The molecule has 0 radical (unpaired) electrons. The van der Waals surface area contributed by atoms with Gasteiger partial charge in [0.15, 0.2) is 0 Å². The second-order valence-electron chi connectivity index (χ2n) is 4.95. The highest BCUT2D eigenvalue weighted by molar-refractivity contribution is 5.28. The standard InChI is InChI=1S/C14H19FN4O/c1-9(2)16-8-13-18-19-14(20-13)17-10(3)11-4-6-12(15)7-5-11/h4-7,9-10,16H,8H2,1-3H3,(H,17,19). The van der Waals surface area contributed by atoms with Crippen LogP contribution < -0.4 is 10.6 Å². The van der Waals surface area contributed by atoms with Gasteiger partial charge in [-0.2, -0.15) is 0 Å². The molecule has 0 fully saturated rings. The molecule has 0 aliphatic rings. The van der Waals surface area contributed by atoms with Crippen molar-refractivity contribution in [3.8, 4) is 0 Å². The number of hydrogen-bond donors (Lipinski definition) is 2. The highest BCUT2D eigenvalue weighted by atomic mass is 19.1. The number of anilines is 1. The Balaban J connectivity index is 1.94. The van der Waals surface area contributed by atoms with E-state index in [9.17, 15) is 4.39 Å². The molecule has 1 unspecified atom stereocenters. The van der Waals surface area contributed by atoms with E-state index < -0.39 is 0 Å². The Morgan fingerprint density at radius 2 is 1.85 bits per heavy atom. The van der Waals surface area contributed by atoms with E-state index in [4.69, 9.17) is 4.42 Å². The fourth-order valence-electron chi connectivity index (χ4n) is 1.69. The molecule has 5 nitrogen and oxygen atoms in total. The van der Waals surface area contributed by atoms with Crippen molar-refractivity contribution < 1.29 is 8.81 Å². The predicted octanol–water partition coefficient (Wildman–Crippen LogP) is 2.88. The van der Waals surface area contributed by atoms with Crippen molar-refractivity contribution in [3.05, 3.63) is 41.5 Å². The Morgan fingerprint density at radius 1 is 1.15 bits per heavy atom. The minimum atomic E-state index is -0.249. The van der Waals surface area contributed by atoms with E-state index in [1.807, 2.05) is 20.8 Å². The minimum Gasteiger partial charge on any atom is -0.407 e. The molecule has 1 aromatic heterocycles. The van der Waals surface area contributed by atoms with Gasteiger partial charge in [-0.05, 0) is 24.6 Å². The Kier molecular flexibility index (Phi) is 4.68. The maximum Gasteiger partial charge on any atom is 0.315 e. The molecule has 0 aliphatic carbocycles. The predicted molar refractivity (Wildman–Crippen MR) is 74.7 cm³/mol. The summed E-state index contributed by atoms with van der Waals surface area (Å²) in [6.45, 7) is 6.58. The minimum absolute atomic E-state index is 0.0399. The fraction of sp³-hybridized carbons (Fsp3) is 0.429. The number of nitrogens with zero attached hydrogens (tertiary/aromatic N) is 2. The fourth-order valence-corrected chi connectivity index (χ4v) is 1.69. The maximum absolute atomic E-state index is 12.9. The molecule has 6 heteroatoms. The Hall–Kier alpha value is -1.95. The summed E-state index contributed by atoms with van der Waals surface area (Å²) in [6, 6.07) is 6.99. The van der Waals surface area contributed by atoms with Crippen LogP contribution in [-0.4, -0.2) is 16.2 Å². The van der Waals surface area contributed by atoms with Crippen molar-refractivity contribution in [2.45, 2.75) is 39.4 Å². The zero-order chi connectivity index (χ0) is 14.5. The molecule has 1 aromatic carbocycles. The van der Waals surface area contributed by atoms with E-state index in [0.717, 1.165) is 5.56 Å². The van der Waals surface area contributed by atoms with E-state index in [0.29, 0.717) is 24.5 Å². The smallest absolute Gasteiger partial charge is 0.315 e. The third-order valence-corrected chi connectivity index (χ3v) is 2.84. The molecular weight excluding hydrogens is 259 g/mol. The van der Waals surface area contributed by atoms with Crippen LogP contribution in [0.15, 0.2) is 28.7 Å². The molecule has 20 heavy (non-hydrogen) atoms. The number of nitrogens with one attached hydrogen (secondary N) is 2. The zero-order valence-electron chi connectivity index (χ0n) is 11.9. The Bertz CT molecular complexity index is 538. The molecule has 0 saturated heterocycles. The van der Waals surface area contributed by atoms with Gasteiger partial charge < -0.3 is 15.1 Å². The van der Waals surface area contributed by atoms with Gasteiger partial charge in [0, 0.05) is 6.04 Å². The van der Waals surface area contributed by atoms with Gasteiger partial charge in [-0.15, -0.1) is 5.10 Å². The number of hydrogen-bond acceptors (Lipinski definition) is 5. The van der Waals surface area contributed by atoms with Crippen LogP contribution in [0.2, 0.25) is 0 Å². The second kappa shape index (κ2) is 6.47. The number of aromatic nitrogens is 2. The summed E-state index contributed by atoms with van der Waals surface area (Å²) in [4.78, 5) is 0. The molecule has 0 aliphatic heterocycles. The van der Waals surface area contributed by atoms with Crippen LogP contribution >= 0.6 is 0 Å². The van der Waals surface area contributed by atoms with Gasteiger partial charge in [0.25, 0.3) is 0 Å². The molecule has 0 saturated carbocycles. The van der Waals surface area contributed by atoms with Crippen LogP contribution in [0.3, 0.4) is 0 Å². The molecule has 2 rings (SSSR count). The van der Waals surface area contributed by atoms with E-state index in [-0.39, 0.29) is 11.9 Å². The summed E-state index contributed by atoms with van der Waals surface area (Å²) in [6.07, 6.45) is 0. The molecule has 2 N–H and O–H groups in total. The highest BCUT2D eigenvalue weighted by Gasteiger charge is 2.11. The molecule has 2 aromatic rings. The third kappa shape index (κ3) is 4.03. The van der Waals surface area contributed by atoms with Gasteiger partial charge in [-0.1, -0.05) is 31.1 Å². The lowest BCUT2D eigenvalue weighted by Gasteiger charge is -2.11. The average molecular weight is 278 g/mol. The Labute approximate surface area is 117 Å². The first-order valence-corrected chi connectivity index (χ1v) is 6.62. The van der Waals surface area contributed by atoms with Crippen molar-refractivity contribution in [1.29, 1.82) is 0 Å². The van der Waals surface area contributed by atoms with Crippen LogP contribution in [0, 0.1) is 5.82 Å². The van der Waals surface area contributed by atoms with Crippen LogP contribution in [0.5, 0.6) is 0 Å². The summed E-state index contributed by atoms with van der Waals surface area (Å²) in [7, 11) is 0. The van der Waals surface area contributed by atoms with Gasteiger partial charge in [0.2, 0.25) is 5.89 Å². The monoisotopic (exact) mass is 278 g/mol. The molecule has 0 amide bonds. The average Bonchev–Trinajstić information content (AvgIpc) is 2.84. The van der Waals surface area contributed by atoms with Crippen LogP contribution in [-0.2, 0) is 6.54 Å². The van der Waals surface area contributed by atoms with Gasteiger partial charge in [0.05, 0.1) is 12.6 Å². The first kappa shape index (κ1) is 14.5. The van der Waals surface area contributed by atoms with Crippen LogP contribution in [0.4, 0.5) is 10.4 Å². The third-order valence-electron chi connectivity index (χ3n) is 2.84. The Morgan fingerprint density at radius 3 is 2.50 bits per heavy atom. The van der Waals surface area contributed by atoms with Crippen molar-refractivity contribution in [2.75, 3.05) is 5.32 Å². The van der Waals surface area contributed by atoms with Gasteiger partial charge in [0.1, 0.15) is 5.82 Å². The van der Waals surface area contributed by atoms with Crippen molar-refractivity contribution >= 4 is 6.01 Å². The lowest BCUT2D eigenvalue weighted by molar-refractivity contribution is 0.456. The van der Waals surface area contributed by atoms with Crippen molar-refractivity contribution in [1.82, 2.24) is 15.5 Å². The van der Waals surface area contributed by atoms with E-state index in [1.54, 1.807) is 12.1 Å². The molecular formula is C14H19FN4O. The van der Waals surface area contributed by atoms with Crippen LogP contribution in [0.25, 0.3) is 0 Å². The van der Waals surface area contributed by atoms with Crippen molar-refractivity contribution in [3.63, 3.8) is 0 Å². The van der Waals surface area contributed by atoms with E-state index in [2.05, 4.69) is 20.8 Å². The second-order valence-corrected chi connectivity index (χ2v) is 4.95. The van der Waals surface area contributed by atoms with Crippen molar-refractivity contribution in [2.24, 2.45) is 0 Å². The largest absolute Gasteiger partial charge is 0.407 e. The summed E-state index contributed by atoms with van der Waals surface area (Å²) in [5.41, 5.74) is 0.950. The molecule has 1 heterocycles. The normalized spacial score (nSPS) is 12.7. The van der Waals surface area contributed by atoms with Gasteiger partial charge in [-0.25, -0.2) is 4.39 Å². The van der Waals surface area contributed by atoms with Gasteiger partial charge >= 0.3 is 6.01 Å². The number of rotatable bonds is 6.